The van der Waals surface area contributed by atoms with E-state index in [0.29, 0.717) is 6.42 Å². The summed E-state index contributed by atoms with van der Waals surface area (Å²) in [6.45, 7) is 4.52. The number of hydrogen-bond donors (Lipinski definition) is 2. The number of carbonyl (C=O) groups is 2. The second-order valence-corrected chi connectivity index (χ2v) is 6.27. The lowest BCUT2D eigenvalue weighted by atomic mass is 10.0. The molecule has 5 nitrogen and oxygen atoms in total. The summed E-state index contributed by atoms with van der Waals surface area (Å²) in [7, 11) is 0. The van der Waals surface area contributed by atoms with Gasteiger partial charge in [0.2, 0.25) is 11.8 Å². The van der Waals surface area contributed by atoms with E-state index < -0.39 is 0 Å². The Kier molecular flexibility index (Phi) is 6.49. The standard InChI is InChI=1S/C16H29N3O2/c1-2-6-15(20)18-13-8-11-19(12-9-13)16(21)14-7-4-3-5-10-17-14/h13-14,17H,2-12H2,1H3,(H,18,20). The van der Waals surface area contributed by atoms with E-state index in [9.17, 15) is 9.59 Å². The molecule has 2 amide bonds. The van der Waals surface area contributed by atoms with Crippen molar-refractivity contribution in [3.8, 4) is 0 Å². The van der Waals surface area contributed by atoms with Crippen LogP contribution in [-0.2, 0) is 9.59 Å². The van der Waals surface area contributed by atoms with Crippen LogP contribution in [0.2, 0.25) is 0 Å². The van der Waals surface area contributed by atoms with Gasteiger partial charge < -0.3 is 15.5 Å². The molecule has 0 aliphatic carbocycles. The fourth-order valence-electron chi connectivity index (χ4n) is 3.23. The molecule has 0 aromatic rings. The molecule has 2 fully saturated rings. The molecule has 2 aliphatic rings. The minimum absolute atomic E-state index is 0.0127. The molecule has 0 spiro atoms. The van der Waals surface area contributed by atoms with Crippen LogP contribution in [0.4, 0.5) is 0 Å². The molecule has 2 rings (SSSR count). The zero-order valence-corrected chi connectivity index (χ0v) is 13.2. The van der Waals surface area contributed by atoms with Crippen LogP contribution < -0.4 is 10.6 Å². The van der Waals surface area contributed by atoms with Crippen molar-refractivity contribution in [3.63, 3.8) is 0 Å². The molecule has 0 aromatic heterocycles. The Morgan fingerprint density at radius 3 is 2.62 bits per heavy atom. The van der Waals surface area contributed by atoms with Gasteiger partial charge in [-0.3, -0.25) is 9.59 Å². The van der Waals surface area contributed by atoms with Crippen LogP contribution >= 0.6 is 0 Å². The van der Waals surface area contributed by atoms with Gasteiger partial charge in [-0.05, 0) is 38.6 Å². The normalized spacial score (nSPS) is 24.4. The van der Waals surface area contributed by atoms with Gasteiger partial charge in [0, 0.05) is 25.6 Å². The lowest BCUT2D eigenvalue weighted by Crippen LogP contribution is -2.51. The van der Waals surface area contributed by atoms with Crippen molar-refractivity contribution in [3.05, 3.63) is 0 Å². The van der Waals surface area contributed by atoms with E-state index >= 15 is 0 Å². The number of hydrogen-bond acceptors (Lipinski definition) is 3. The monoisotopic (exact) mass is 295 g/mol. The van der Waals surface area contributed by atoms with Gasteiger partial charge >= 0.3 is 0 Å². The molecule has 2 heterocycles. The Morgan fingerprint density at radius 1 is 1.14 bits per heavy atom. The van der Waals surface area contributed by atoms with E-state index in [1.165, 1.54) is 12.8 Å². The highest BCUT2D eigenvalue weighted by atomic mass is 16.2. The van der Waals surface area contributed by atoms with Gasteiger partial charge in [-0.2, -0.15) is 0 Å². The molecule has 1 atom stereocenters. The first-order chi connectivity index (χ1) is 10.2. The average Bonchev–Trinajstić information content (AvgIpc) is 2.76. The van der Waals surface area contributed by atoms with Crippen LogP contribution in [0.1, 0.15) is 58.3 Å². The largest absolute Gasteiger partial charge is 0.353 e. The molecular weight excluding hydrogens is 266 g/mol. The molecule has 1 unspecified atom stereocenters. The lowest BCUT2D eigenvalue weighted by Gasteiger charge is -2.34. The quantitative estimate of drug-likeness (QED) is 0.825. The highest BCUT2D eigenvalue weighted by Crippen LogP contribution is 2.15. The topological polar surface area (TPSA) is 61.4 Å². The van der Waals surface area contributed by atoms with Crippen LogP contribution in [0.25, 0.3) is 0 Å². The predicted octanol–water partition coefficient (Wildman–Crippen LogP) is 1.43. The highest BCUT2D eigenvalue weighted by molar-refractivity contribution is 5.82. The second-order valence-electron chi connectivity index (χ2n) is 6.27. The predicted molar refractivity (Wildman–Crippen MR) is 82.9 cm³/mol. The number of carbonyl (C=O) groups excluding carboxylic acids is 2. The molecule has 0 aromatic carbocycles. The van der Waals surface area contributed by atoms with Crippen molar-refractivity contribution < 1.29 is 9.59 Å². The van der Waals surface area contributed by atoms with Gasteiger partial charge in [0.15, 0.2) is 0 Å². The molecule has 0 bridgehead atoms. The minimum Gasteiger partial charge on any atom is -0.353 e. The highest BCUT2D eigenvalue weighted by Gasteiger charge is 2.28. The van der Waals surface area contributed by atoms with Crippen molar-refractivity contribution in [2.24, 2.45) is 0 Å². The van der Waals surface area contributed by atoms with Crippen molar-refractivity contribution in [2.75, 3.05) is 19.6 Å². The summed E-state index contributed by atoms with van der Waals surface area (Å²) in [6, 6.07) is 0.258. The molecule has 120 valence electrons. The number of nitrogens with one attached hydrogen (secondary N) is 2. The lowest BCUT2D eigenvalue weighted by molar-refractivity contribution is -0.134. The van der Waals surface area contributed by atoms with Gasteiger partial charge in [-0.25, -0.2) is 0 Å². The molecule has 0 saturated carbocycles. The maximum atomic E-state index is 12.5. The molecule has 21 heavy (non-hydrogen) atoms. The SMILES string of the molecule is CCCC(=O)NC1CCN(C(=O)C2CCCCCN2)CC1. The van der Waals surface area contributed by atoms with Gasteiger partial charge in [-0.15, -0.1) is 0 Å². The maximum Gasteiger partial charge on any atom is 0.239 e. The Balaban J connectivity index is 1.74. The van der Waals surface area contributed by atoms with Crippen molar-refractivity contribution >= 4 is 11.8 Å². The smallest absolute Gasteiger partial charge is 0.239 e. The summed E-state index contributed by atoms with van der Waals surface area (Å²) in [6.07, 6.45) is 7.76. The van der Waals surface area contributed by atoms with Crippen LogP contribution in [0.15, 0.2) is 0 Å². The van der Waals surface area contributed by atoms with E-state index in [1.807, 2.05) is 11.8 Å². The number of amides is 2. The van der Waals surface area contributed by atoms with Gasteiger partial charge in [0.25, 0.3) is 0 Å². The van der Waals surface area contributed by atoms with E-state index in [0.717, 1.165) is 51.7 Å². The maximum absolute atomic E-state index is 12.5. The van der Waals surface area contributed by atoms with Crippen molar-refractivity contribution in [2.45, 2.75) is 70.4 Å². The summed E-state index contributed by atoms with van der Waals surface area (Å²) in [5.41, 5.74) is 0. The van der Waals surface area contributed by atoms with E-state index in [1.54, 1.807) is 0 Å². The second kappa shape index (κ2) is 8.37. The third kappa shape index (κ3) is 4.99. The van der Waals surface area contributed by atoms with Crippen molar-refractivity contribution in [1.29, 1.82) is 0 Å². The Hall–Kier alpha value is -1.10. The third-order valence-electron chi connectivity index (χ3n) is 4.51. The first-order valence-electron chi connectivity index (χ1n) is 8.52. The summed E-state index contributed by atoms with van der Waals surface area (Å²) < 4.78 is 0. The molecule has 0 radical (unpaired) electrons. The minimum atomic E-state index is 0.0127. The summed E-state index contributed by atoms with van der Waals surface area (Å²) in [5, 5.41) is 6.45. The zero-order valence-electron chi connectivity index (χ0n) is 13.2. The first kappa shape index (κ1) is 16.3. The summed E-state index contributed by atoms with van der Waals surface area (Å²) in [4.78, 5) is 26.1. The Morgan fingerprint density at radius 2 is 1.90 bits per heavy atom. The number of rotatable bonds is 4. The third-order valence-corrected chi connectivity index (χ3v) is 4.51. The summed E-state index contributed by atoms with van der Waals surface area (Å²) in [5.74, 6) is 0.406. The van der Waals surface area contributed by atoms with E-state index in [4.69, 9.17) is 0 Å². The van der Waals surface area contributed by atoms with Crippen molar-refractivity contribution in [1.82, 2.24) is 15.5 Å². The Labute approximate surface area is 127 Å². The molecule has 2 N–H and O–H groups in total. The fraction of sp³-hybridized carbons (Fsp3) is 0.875. The Bertz CT molecular complexity index is 343. The van der Waals surface area contributed by atoms with Crippen LogP contribution in [0.5, 0.6) is 0 Å². The molecule has 5 heteroatoms. The number of nitrogens with zero attached hydrogens (tertiary/aromatic N) is 1. The van der Waals surface area contributed by atoms with Gasteiger partial charge in [0.1, 0.15) is 0 Å². The van der Waals surface area contributed by atoms with Gasteiger partial charge in [-0.1, -0.05) is 19.8 Å². The van der Waals surface area contributed by atoms with Crippen LogP contribution in [0.3, 0.4) is 0 Å². The van der Waals surface area contributed by atoms with E-state index in [2.05, 4.69) is 10.6 Å². The average molecular weight is 295 g/mol. The van der Waals surface area contributed by atoms with Crippen LogP contribution in [0, 0.1) is 0 Å². The molecule has 2 saturated heterocycles. The number of likely N-dealkylation sites (tertiary alicyclic amines) is 1. The van der Waals surface area contributed by atoms with E-state index in [-0.39, 0.29) is 23.9 Å². The fourth-order valence-corrected chi connectivity index (χ4v) is 3.23. The molecule has 2 aliphatic heterocycles. The van der Waals surface area contributed by atoms with Crippen LogP contribution in [-0.4, -0.2) is 48.4 Å². The molecular formula is C16H29N3O2. The van der Waals surface area contributed by atoms with Gasteiger partial charge in [0.05, 0.1) is 6.04 Å². The first-order valence-corrected chi connectivity index (χ1v) is 8.52. The zero-order chi connectivity index (χ0) is 15.1. The number of piperidine rings is 1. The summed E-state index contributed by atoms with van der Waals surface area (Å²) >= 11 is 0.